The van der Waals surface area contributed by atoms with Crippen molar-refractivity contribution in [2.24, 2.45) is 0 Å². The van der Waals surface area contributed by atoms with Crippen LogP contribution in [0, 0.1) is 0 Å². The topological polar surface area (TPSA) is 342 Å². The number of para-hydroxylation sites is 4. The molecule has 12 N–H and O–H groups in total. The fourth-order valence-electron chi connectivity index (χ4n) is 18.8. The number of nitrogens with one attached hydrogen (secondary N) is 12. The lowest BCUT2D eigenvalue weighted by Gasteiger charge is -2.25. The molecule has 704 valence electrons. The zero-order valence-electron chi connectivity index (χ0n) is 78.6. The largest absolute Gasteiger partial charge is 0.497 e. The highest BCUT2D eigenvalue weighted by Crippen LogP contribution is 2.48. The third-order valence-corrected chi connectivity index (χ3v) is 25.6. The maximum absolute atomic E-state index is 16.0. The van der Waals surface area contributed by atoms with E-state index in [1.165, 1.54) is 0 Å². The number of ether oxygens (including phenoxy) is 8. The van der Waals surface area contributed by atoms with Crippen LogP contribution in [0.1, 0.15) is 45.6 Å². The maximum atomic E-state index is 16.0. The number of methoxy groups -OCH3 is 8. The zero-order chi connectivity index (χ0) is 95.9. The molecule has 1 saturated heterocycles. The van der Waals surface area contributed by atoms with Gasteiger partial charge >= 0.3 is 18.1 Å². The number of nitrogens with zero attached hydrogens (tertiary/aromatic N) is 6. The van der Waals surface area contributed by atoms with E-state index < -0.39 is 6.03 Å². The molecule has 0 radical (unpaired) electrons. The highest BCUT2D eigenvalue weighted by molar-refractivity contribution is 6.11. The van der Waals surface area contributed by atoms with E-state index in [9.17, 15) is 0 Å². The second kappa shape index (κ2) is 40.5. The summed E-state index contributed by atoms with van der Waals surface area (Å²) < 4.78 is 48.2. The van der Waals surface area contributed by atoms with E-state index in [2.05, 4.69) is 62.5 Å². The first kappa shape index (κ1) is 90.8. The third kappa shape index (κ3) is 18.7. The van der Waals surface area contributed by atoms with Gasteiger partial charge in [0.05, 0.1) is 125 Å². The Bertz CT molecular complexity index is 7050. The number of carbonyl (C=O) groups is 3. The summed E-state index contributed by atoms with van der Waals surface area (Å²) in [4.78, 5) is 88.9. The predicted octanol–water partition coefficient (Wildman–Crippen LogP) is 20.7. The molecule has 24 rings (SSSR count). The van der Waals surface area contributed by atoms with Gasteiger partial charge in [0.25, 0.3) is 0 Å². The van der Waals surface area contributed by atoms with Crippen LogP contribution in [0.3, 0.4) is 0 Å². The van der Waals surface area contributed by atoms with Crippen LogP contribution in [0.4, 0.5) is 37.1 Å². The van der Waals surface area contributed by atoms with Crippen LogP contribution in [0.2, 0.25) is 0 Å². The van der Waals surface area contributed by atoms with E-state index in [1.54, 1.807) is 56.9 Å². The van der Waals surface area contributed by atoms with Crippen molar-refractivity contribution < 1.29 is 52.3 Å². The Morgan fingerprint density at radius 3 is 0.636 bits per heavy atom. The van der Waals surface area contributed by atoms with Crippen LogP contribution < -0.4 is 80.4 Å². The molecule has 0 unspecified atom stereocenters. The highest BCUT2D eigenvalue weighted by Gasteiger charge is 2.29. The van der Waals surface area contributed by atoms with Gasteiger partial charge in [-0.05, 0) is 192 Å². The maximum Gasteiger partial charge on any atom is 0.323 e. The van der Waals surface area contributed by atoms with Crippen molar-refractivity contribution in [3.8, 4) is 135 Å². The van der Waals surface area contributed by atoms with Crippen LogP contribution in [-0.4, -0.2) is 203 Å². The van der Waals surface area contributed by atoms with E-state index in [4.69, 9.17) is 57.8 Å². The number of H-pyrrole nitrogens is 4. The molecule has 29 heteroatoms. The summed E-state index contributed by atoms with van der Waals surface area (Å²) in [6.45, 7) is 5.65. The normalized spacial score (nSPS) is 14.2. The molecule has 0 spiro atoms. The average molecular weight is 1870 g/mol. The van der Waals surface area contributed by atoms with E-state index in [0.29, 0.717) is 326 Å². The van der Waals surface area contributed by atoms with Crippen molar-refractivity contribution in [2.75, 3.05) is 157 Å². The Morgan fingerprint density at radius 2 is 0.421 bits per heavy atom. The summed E-state index contributed by atoms with van der Waals surface area (Å²) in [7, 11) is 13.0. The Labute approximate surface area is 807 Å². The number of aromatic amines is 4. The quantitative estimate of drug-likeness (QED) is 0.0540. The number of aromatic nitrogens is 8. The van der Waals surface area contributed by atoms with Gasteiger partial charge in [-0.2, -0.15) is 0 Å². The van der Waals surface area contributed by atoms with Gasteiger partial charge in [-0.25, -0.2) is 34.3 Å². The molecule has 140 heavy (non-hydrogen) atoms. The van der Waals surface area contributed by atoms with E-state index in [0.717, 1.165) is 0 Å². The molecule has 0 atom stereocenters. The summed E-state index contributed by atoms with van der Waals surface area (Å²) >= 11 is 0. The number of amides is 6. The molecule has 1 fully saturated rings. The van der Waals surface area contributed by atoms with E-state index in [1.807, 2.05) is 277 Å². The van der Waals surface area contributed by atoms with Gasteiger partial charge in [-0.1, -0.05) is 72.8 Å². The lowest BCUT2D eigenvalue weighted by atomic mass is 10.0. The second-order valence-electron chi connectivity index (χ2n) is 34.0. The molecule has 29 nitrogen and oxygen atoms in total. The van der Waals surface area contributed by atoms with Gasteiger partial charge < -0.3 is 110 Å². The zero-order valence-corrected chi connectivity index (χ0v) is 78.6. The van der Waals surface area contributed by atoms with Crippen molar-refractivity contribution in [1.29, 1.82) is 0 Å². The third-order valence-electron chi connectivity index (χ3n) is 25.6. The van der Waals surface area contributed by atoms with Gasteiger partial charge in [0.2, 0.25) is 0 Å². The van der Waals surface area contributed by atoms with Gasteiger partial charge in [-0.3, -0.25) is 0 Å². The predicted molar refractivity (Wildman–Crippen MR) is 559 cm³/mol. The van der Waals surface area contributed by atoms with Crippen molar-refractivity contribution in [2.45, 2.75) is 0 Å². The smallest absolute Gasteiger partial charge is 0.323 e. The van der Waals surface area contributed by atoms with Crippen LogP contribution in [-0.2, 0) is 0 Å². The highest BCUT2D eigenvalue weighted by atomic mass is 16.5. The van der Waals surface area contributed by atoms with Crippen LogP contribution >= 0.6 is 0 Å². The molecule has 14 aromatic rings. The molecule has 8 aromatic carbocycles. The lowest BCUT2D eigenvalue weighted by Crippen LogP contribution is -2.46. The molecule has 0 aliphatic carbocycles. The molecule has 0 saturated carbocycles. The Morgan fingerprint density at radius 1 is 0.229 bits per heavy atom. The molecular weight excluding hydrogens is 1760 g/mol. The molecular formula is C111H104N18O11. The first-order valence-corrected chi connectivity index (χ1v) is 46.4. The second-order valence-corrected chi connectivity index (χ2v) is 34.0. The van der Waals surface area contributed by atoms with Crippen molar-refractivity contribution in [3.05, 3.63) is 264 Å². The number of carbonyl (C=O) groups excluding carboxylic acids is 3. The van der Waals surface area contributed by atoms with Gasteiger partial charge in [0.15, 0.2) is 0 Å². The molecule has 22 bridgehead atoms. The van der Waals surface area contributed by atoms with Crippen LogP contribution in [0.5, 0.6) is 46.0 Å². The summed E-state index contributed by atoms with van der Waals surface area (Å²) in [6, 6.07) is 68.9. The number of hydrogen-bond acceptors (Lipinski definition) is 19. The lowest BCUT2D eigenvalue weighted by molar-refractivity contribution is 0.209. The fraction of sp³-hybridized carbons (Fsp3) is 0.180. The number of hydrogen-bond donors (Lipinski definition) is 12. The summed E-state index contributed by atoms with van der Waals surface area (Å²) in [5.41, 5.74) is 22.5. The molecule has 6 aromatic heterocycles. The molecule has 10 aliphatic heterocycles. The van der Waals surface area contributed by atoms with Crippen molar-refractivity contribution in [3.63, 3.8) is 0 Å². The minimum Gasteiger partial charge on any atom is -0.497 e. The number of anilines is 4. The van der Waals surface area contributed by atoms with E-state index in [-0.39, 0.29) is 12.1 Å². The van der Waals surface area contributed by atoms with Gasteiger partial charge in [0, 0.05) is 214 Å². The van der Waals surface area contributed by atoms with Crippen LogP contribution in [0.25, 0.3) is 182 Å². The minimum atomic E-state index is -0.574. The first-order chi connectivity index (χ1) is 68.7. The molecule has 10 aliphatic rings. The standard InChI is InChI=1S/C111H104N18O11/c1-133-69-53-65(54-70(61-69)134-2)101-85-25-33-93(116-85)105-77-17-9-13-21-81(77)124-109(130)125-82-22-14-10-18-78(82)106-95-35-27-87(118-95)103(67-57-73(137-5)63-74(58-67)138-6)91-31-39-99(122-91)108(100-40-32-92(123-100)104(88-28-36-96(106)119-88)68-59-75(139-7)64-76(60-68)140-8)80-20-12-16-24-84(80)127-111(132)129-51-47-114-43-41-112-45-49-128(50-46-113-42-44-115-48-52-129)110(131)126-83-23-15-11-19-79(83)107(97-37-29-89(101)120-97)98-38-30-90(121-98)102(86-26-34-94(105)117-86)66-55-71(135-3)62-72(56-66)136-4/h9-40,53-64,112-116,118,121,123H,41-52H2,1-8H3,(H,126,131)(H,127,132)(H2,124,125,130). The Hall–Kier alpha value is -17.0. The molecule has 6 amide bonds. The number of urea groups is 3. The van der Waals surface area contributed by atoms with Crippen LogP contribution in [0.15, 0.2) is 218 Å². The number of rotatable bonds is 12. The summed E-state index contributed by atoms with van der Waals surface area (Å²) in [5, 5.41) is 27.9. The average Bonchev–Trinajstić information content (AvgIpc) is 1.60. The van der Waals surface area contributed by atoms with Crippen molar-refractivity contribution in [1.82, 2.24) is 70.9 Å². The van der Waals surface area contributed by atoms with Crippen molar-refractivity contribution >= 4 is 134 Å². The fourth-order valence-corrected chi connectivity index (χ4v) is 18.8. The number of benzene rings is 8. The van der Waals surface area contributed by atoms with E-state index >= 15 is 14.4 Å². The first-order valence-electron chi connectivity index (χ1n) is 46.4. The van der Waals surface area contributed by atoms with Gasteiger partial charge in [0.1, 0.15) is 46.0 Å². The Kier molecular flexibility index (Phi) is 26.3. The molecule has 16 heterocycles. The minimum absolute atomic E-state index is 0.299. The summed E-state index contributed by atoms with van der Waals surface area (Å²) in [5.74, 6) is 4.34. The summed E-state index contributed by atoms with van der Waals surface area (Å²) in [6.07, 6.45) is 15.9. The van der Waals surface area contributed by atoms with Gasteiger partial charge in [-0.15, -0.1) is 0 Å². The Balaban J connectivity index is 0.831. The monoisotopic (exact) mass is 1860 g/mol. The SMILES string of the molecule is COc1cc(OC)cc(-c2c3nc(c4c5ccc([nH]5)c(-c5cc(OC)cc(OC)c5)c5nc(c(c6ccc2[nH]6)-c2ccccc2NC(=O)Nc2ccccc2-c2c6nc(c(-c7cc(OC)cc(OC)c7)c7ccc([nH]7)c(c7nc(c(-c8cc(OC)cc(OC)c8)c8ccc2[nH]8)C=C7)-c2ccccc2NC(=O)N2CCNCCNCCN(CCNCCNCC2)C(=O)Nc2ccccc2-4)C=C6)C=C5)C=C3)c1.